The molecule has 2 rings (SSSR count). The molecule has 1 aliphatic carbocycles. The van der Waals surface area contributed by atoms with E-state index < -0.39 is 8.32 Å². The summed E-state index contributed by atoms with van der Waals surface area (Å²) in [4.78, 5) is 0. The highest BCUT2D eigenvalue weighted by Crippen LogP contribution is 2.49. The summed E-state index contributed by atoms with van der Waals surface area (Å²) in [6.45, 7) is 21.2. The molecule has 180 valence electrons. The van der Waals surface area contributed by atoms with E-state index in [0.717, 1.165) is 22.2 Å². The second kappa shape index (κ2) is 10.5. The van der Waals surface area contributed by atoms with Crippen molar-refractivity contribution in [1.82, 2.24) is 0 Å². The predicted molar refractivity (Wildman–Crippen MR) is 139 cm³/mol. The van der Waals surface area contributed by atoms with Crippen LogP contribution in [0.1, 0.15) is 46.6 Å². The van der Waals surface area contributed by atoms with Crippen molar-refractivity contribution in [1.29, 1.82) is 0 Å². The summed E-state index contributed by atoms with van der Waals surface area (Å²) in [6, 6.07) is 5.88. The number of methoxy groups -OCH3 is 2. The van der Waals surface area contributed by atoms with Crippen molar-refractivity contribution >= 4 is 24.2 Å². The number of ether oxygens (including phenoxy) is 3. The fourth-order valence-electron chi connectivity index (χ4n) is 3.81. The van der Waals surface area contributed by atoms with Gasteiger partial charge >= 0.3 is 0 Å². The second-order valence-corrected chi connectivity index (χ2v) is 16.2. The maximum absolute atomic E-state index is 6.85. The Morgan fingerprint density at radius 3 is 2.31 bits per heavy atom. The fraction of sp³-hybridized carbons (Fsp3) is 0.615. The molecule has 1 aromatic rings. The topological polar surface area (TPSA) is 36.9 Å². The summed E-state index contributed by atoms with van der Waals surface area (Å²) < 4.78 is 24.9. The smallest absolute Gasteiger partial charge is 0.192 e. The van der Waals surface area contributed by atoms with Crippen molar-refractivity contribution in [3.05, 3.63) is 46.5 Å². The molecule has 0 spiro atoms. The molecule has 0 amide bonds. The number of rotatable bonds is 9. The lowest BCUT2D eigenvalue weighted by molar-refractivity contribution is 0.0962. The SMILES string of the molecule is C=C[C@@]1(C)C[C@@H](O[Si](C)(C)C(C)(C)C)C(Br)=C(COCc2ccc(OC)c(OC)c2)[C@@H]1C. The molecule has 0 heterocycles. The van der Waals surface area contributed by atoms with E-state index in [1.807, 2.05) is 18.2 Å². The van der Waals surface area contributed by atoms with Crippen LogP contribution in [0.4, 0.5) is 0 Å². The van der Waals surface area contributed by atoms with Gasteiger partial charge in [-0.25, -0.2) is 0 Å². The molecule has 1 aliphatic rings. The van der Waals surface area contributed by atoms with Crippen molar-refractivity contribution in [3.63, 3.8) is 0 Å². The molecular formula is C26H41BrO4Si. The van der Waals surface area contributed by atoms with Crippen molar-refractivity contribution < 1.29 is 18.6 Å². The van der Waals surface area contributed by atoms with Gasteiger partial charge in [0.05, 0.1) is 33.5 Å². The third-order valence-electron chi connectivity index (χ3n) is 7.41. The third-order valence-corrected chi connectivity index (χ3v) is 12.9. The van der Waals surface area contributed by atoms with Crippen molar-refractivity contribution in [2.24, 2.45) is 11.3 Å². The predicted octanol–water partition coefficient (Wildman–Crippen LogP) is 7.49. The molecule has 0 saturated heterocycles. The Hall–Kier alpha value is -1.08. The average molecular weight is 526 g/mol. The first-order valence-electron chi connectivity index (χ1n) is 11.3. The highest BCUT2D eigenvalue weighted by Gasteiger charge is 2.45. The van der Waals surface area contributed by atoms with Crippen molar-refractivity contribution in [3.8, 4) is 11.5 Å². The van der Waals surface area contributed by atoms with Gasteiger partial charge in [0.2, 0.25) is 0 Å². The van der Waals surface area contributed by atoms with E-state index in [1.165, 1.54) is 5.57 Å². The molecule has 32 heavy (non-hydrogen) atoms. The van der Waals surface area contributed by atoms with E-state index in [4.69, 9.17) is 18.6 Å². The molecule has 0 saturated carbocycles. The minimum Gasteiger partial charge on any atom is -0.493 e. The first-order chi connectivity index (χ1) is 14.8. The van der Waals surface area contributed by atoms with Gasteiger partial charge in [-0.1, -0.05) is 62.7 Å². The second-order valence-electron chi connectivity index (χ2n) is 10.6. The zero-order chi connectivity index (χ0) is 24.3. The van der Waals surface area contributed by atoms with Gasteiger partial charge < -0.3 is 18.6 Å². The van der Waals surface area contributed by atoms with Gasteiger partial charge in [0.25, 0.3) is 0 Å². The Bertz CT molecular complexity index is 843. The highest BCUT2D eigenvalue weighted by atomic mass is 79.9. The quantitative estimate of drug-likeness (QED) is 0.247. The molecule has 6 heteroatoms. The zero-order valence-electron chi connectivity index (χ0n) is 21.3. The normalized spacial score (nSPS) is 24.4. The average Bonchev–Trinajstić information content (AvgIpc) is 2.73. The summed E-state index contributed by atoms with van der Waals surface area (Å²) in [5.74, 6) is 1.73. The molecule has 0 aliphatic heterocycles. The Morgan fingerprint density at radius 2 is 1.78 bits per heavy atom. The Morgan fingerprint density at radius 1 is 1.16 bits per heavy atom. The van der Waals surface area contributed by atoms with Crippen LogP contribution in [0.3, 0.4) is 0 Å². The summed E-state index contributed by atoms with van der Waals surface area (Å²) in [7, 11) is 1.36. The van der Waals surface area contributed by atoms with E-state index >= 15 is 0 Å². The number of benzene rings is 1. The molecule has 1 aromatic carbocycles. The molecule has 4 nitrogen and oxygen atoms in total. The molecule has 0 fully saturated rings. The van der Waals surface area contributed by atoms with Crippen LogP contribution in [0.2, 0.25) is 18.1 Å². The van der Waals surface area contributed by atoms with Gasteiger partial charge in [0, 0.05) is 4.48 Å². The summed E-state index contributed by atoms with van der Waals surface area (Å²) in [5, 5.41) is 0.151. The molecular weight excluding hydrogens is 484 g/mol. The maximum atomic E-state index is 6.85. The molecule has 0 bridgehead atoms. The van der Waals surface area contributed by atoms with Gasteiger partial charge in [-0.2, -0.15) is 0 Å². The minimum atomic E-state index is -1.93. The monoisotopic (exact) mass is 524 g/mol. The zero-order valence-corrected chi connectivity index (χ0v) is 23.9. The number of hydrogen-bond acceptors (Lipinski definition) is 4. The van der Waals surface area contributed by atoms with E-state index in [1.54, 1.807) is 14.2 Å². The van der Waals surface area contributed by atoms with Crippen LogP contribution in [0, 0.1) is 11.3 Å². The van der Waals surface area contributed by atoms with Crippen LogP contribution in [0.15, 0.2) is 40.9 Å². The van der Waals surface area contributed by atoms with E-state index in [0.29, 0.717) is 24.9 Å². The molecule has 0 radical (unpaired) electrons. The van der Waals surface area contributed by atoms with Gasteiger partial charge in [-0.15, -0.1) is 6.58 Å². The van der Waals surface area contributed by atoms with Crippen molar-refractivity contribution in [2.45, 2.75) is 71.9 Å². The lowest BCUT2D eigenvalue weighted by Crippen LogP contribution is -2.47. The number of allylic oxidation sites excluding steroid dienone is 1. The number of halogens is 1. The van der Waals surface area contributed by atoms with E-state index in [2.05, 4.69) is 76.3 Å². The van der Waals surface area contributed by atoms with Crippen LogP contribution in [-0.2, 0) is 15.8 Å². The van der Waals surface area contributed by atoms with Crippen LogP contribution < -0.4 is 9.47 Å². The maximum Gasteiger partial charge on any atom is 0.192 e. The van der Waals surface area contributed by atoms with E-state index in [9.17, 15) is 0 Å². The van der Waals surface area contributed by atoms with Crippen LogP contribution in [-0.4, -0.2) is 35.2 Å². The number of hydrogen-bond donors (Lipinski definition) is 0. The van der Waals surface area contributed by atoms with Crippen LogP contribution in [0.5, 0.6) is 11.5 Å². The largest absolute Gasteiger partial charge is 0.493 e. The lowest BCUT2D eigenvalue weighted by atomic mass is 9.67. The Kier molecular flexibility index (Phi) is 8.87. The Balaban J connectivity index is 2.23. The molecule has 0 N–H and O–H groups in total. The first kappa shape index (κ1) is 27.2. The first-order valence-corrected chi connectivity index (χ1v) is 15.0. The molecule has 0 unspecified atom stereocenters. The van der Waals surface area contributed by atoms with Gasteiger partial charge in [0.1, 0.15) is 0 Å². The van der Waals surface area contributed by atoms with Crippen LogP contribution >= 0.6 is 15.9 Å². The highest BCUT2D eigenvalue weighted by molar-refractivity contribution is 9.11. The van der Waals surface area contributed by atoms with E-state index in [-0.39, 0.29) is 16.6 Å². The minimum absolute atomic E-state index is 0.0229. The third kappa shape index (κ3) is 5.88. The van der Waals surface area contributed by atoms with Crippen LogP contribution in [0.25, 0.3) is 0 Å². The summed E-state index contributed by atoms with van der Waals surface area (Å²) in [6.07, 6.45) is 3.03. The summed E-state index contributed by atoms with van der Waals surface area (Å²) in [5.41, 5.74) is 2.25. The molecule has 0 aromatic heterocycles. The van der Waals surface area contributed by atoms with Crippen molar-refractivity contribution in [2.75, 3.05) is 20.8 Å². The fourth-order valence-corrected chi connectivity index (χ4v) is 5.96. The molecule has 3 atom stereocenters. The van der Waals surface area contributed by atoms with Gasteiger partial charge in [-0.3, -0.25) is 0 Å². The lowest BCUT2D eigenvalue weighted by Gasteiger charge is -2.47. The standard InChI is InChI=1S/C26H41BrO4Si/c1-11-26(6)15-23(31-32(9,10)25(3,4)5)24(27)20(18(26)2)17-30-16-19-12-13-21(28-7)22(14-19)29-8/h11-14,18,23H,1,15-17H2,2-10H3/t18-,23+,26-/m0/s1. The Labute approximate surface area is 204 Å². The van der Waals surface area contributed by atoms with Gasteiger partial charge in [-0.05, 0) is 59.2 Å². The van der Waals surface area contributed by atoms with Gasteiger partial charge in [0.15, 0.2) is 19.8 Å². The summed E-state index contributed by atoms with van der Waals surface area (Å²) >= 11 is 3.92.